The smallest absolute Gasteiger partial charge is 0.350 e. The van der Waals surface area contributed by atoms with Crippen LogP contribution in [0.2, 0.25) is 0 Å². The van der Waals surface area contributed by atoms with Crippen LogP contribution in [0.4, 0.5) is 5.69 Å². The van der Waals surface area contributed by atoms with Crippen molar-refractivity contribution in [3.8, 4) is 0 Å². The zero-order valence-electron chi connectivity index (χ0n) is 12.6. The summed E-state index contributed by atoms with van der Waals surface area (Å²) in [6.45, 7) is 2.92. The van der Waals surface area contributed by atoms with E-state index in [1.54, 1.807) is 18.2 Å². The first-order valence-electron chi connectivity index (χ1n) is 6.55. The van der Waals surface area contributed by atoms with E-state index in [0.29, 0.717) is 9.26 Å². The summed E-state index contributed by atoms with van der Waals surface area (Å²) in [6.07, 6.45) is 1.16. The lowest BCUT2D eigenvalue weighted by Crippen LogP contribution is -2.42. The van der Waals surface area contributed by atoms with E-state index in [2.05, 4.69) is 5.32 Å². The van der Waals surface area contributed by atoms with Gasteiger partial charge >= 0.3 is 17.9 Å². The summed E-state index contributed by atoms with van der Waals surface area (Å²) in [5, 5.41) is 2.78. The van der Waals surface area contributed by atoms with Crippen LogP contribution in [-0.4, -0.2) is 30.8 Å². The molecule has 1 saturated heterocycles. The van der Waals surface area contributed by atoms with Gasteiger partial charge in [-0.25, -0.2) is 14.4 Å². The summed E-state index contributed by atoms with van der Waals surface area (Å²) >= 11 is 2.01. The third kappa shape index (κ3) is 3.81. The molecule has 0 bridgehead atoms. The first-order chi connectivity index (χ1) is 10.7. The zero-order chi connectivity index (χ0) is 17.2. The number of rotatable bonds is 3. The van der Waals surface area contributed by atoms with Crippen LogP contribution in [0, 0.1) is 3.57 Å². The third-order valence-corrected chi connectivity index (χ3v) is 3.80. The van der Waals surface area contributed by atoms with Crippen LogP contribution in [0.5, 0.6) is 0 Å². The van der Waals surface area contributed by atoms with Crippen LogP contribution in [-0.2, 0) is 23.8 Å². The van der Waals surface area contributed by atoms with Crippen molar-refractivity contribution in [1.29, 1.82) is 0 Å². The molecule has 0 amide bonds. The lowest BCUT2D eigenvalue weighted by atomic mass is 10.1. The molecule has 1 fully saturated rings. The number of ether oxygens (including phenoxy) is 3. The molecule has 0 atom stereocenters. The van der Waals surface area contributed by atoms with Crippen molar-refractivity contribution in [2.75, 3.05) is 12.4 Å². The molecular formula is C15H14INO6. The van der Waals surface area contributed by atoms with Crippen LogP contribution >= 0.6 is 22.6 Å². The second-order valence-corrected chi connectivity index (χ2v) is 6.20. The van der Waals surface area contributed by atoms with Gasteiger partial charge in [0.1, 0.15) is 0 Å². The van der Waals surface area contributed by atoms with Gasteiger partial charge in [0.25, 0.3) is 5.79 Å². The van der Waals surface area contributed by atoms with Gasteiger partial charge < -0.3 is 19.5 Å². The molecule has 8 heteroatoms. The van der Waals surface area contributed by atoms with Gasteiger partial charge in [0.2, 0.25) is 0 Å². The van der Waals surface area contributed by atoms with Crippen molar-refractivity contribution in [2.24, 2.45) is 0 Å². The van der Waals surface area contributed by atoms with Crippen molar-refractivity contribution >= 4 is 46.2 Å². The van der Waals surface area contributed by atoms with E-state index in [0.717, 1.165) is 6.20 Å². The molecule has 23 heavy (non-hydrogen) atoms. The Hall–Kier alpha value is -2.10. The molecule has 1 aromatic rings. The number of anilines is 1. The highest BCUT2D eigenvalue weighted by Crippen LogP contribution is 2.26. The van der Waals surface area contributed by atoms with Gasteiger partial charge in [0.15, 0.2) is 5.57 Å². The Bertz CT molecular complexity index is 688. The first kappa shape index (κ1) is 17.3. The Labute approximate surface area is 146 Å². The molecule has 1 aliphatic heterocycles. The number of carbonyl (C=O) groups is 3. The van der Waals surface area contributed by atoms with Crippen molar-refractivity contribution in [3.05, 3.63) is 39.1 Å². The summed E-state index contributed by atoms with van der Waals surface area (Å²) in [5.41, 5.74) is 0.395. The Morgan fingerprint density at radius 3 is 2.43 bits per heavy atom. The normalized spacial score (nSPS) is 16.3. The highest BCUT2D eigenvalue weighted by molar-refractivity contribution is 14.1. The third-order valence-electron chi connectivity index (χ3n) is 2.90. The van der Waals surface area contributed by atoms with Crippen molar-refractivity contribution < 1.29 is 28.6 Å². The maximum atomic E-state index is 11.9. The highest BCUT2D eigenvalue weighted by Gasteiger charge is 2.39. The van der Waals surface area contributed by atoms with Crippen molar-refractivity contribution in [2.45, 2.75) is 19.6 Å². The number of para-hydroxylation sites is 1. The number of cyclic esters (lactones) is 2. The second-order valence-electron chi connectivity index (χ2n) is 5.04. The Morgan fingerprint density at radius 2 is 1.87 bits per heavy atom. The number of methoxy groups -OCH3 is 1. The number of nitrogens with one attached hydrogen (secondary N) is 1. The number of hydrogen-bond acceptors (Lipinski definition) is 7. The van der Waals surface area contributed by atoms with Gasteiger partial charge in [-0.15, -0.1) is 0 Å². The van der Waals surface area contributed by atoms with Crippen molar-refractivity contribution in [1.82, 2.24) is 0 Å². The van der Waals surface area contributed by atoms with Crippen LogP contribution in [0.1, 0.15) is 24.2 Å². The van der Waals surface area contributed by atoms with Crippen LogP contribution in [0.15, 0.2) is 30.0 Å². The van der Waals surface area contributed by atoms with E-state index in [-0.39, 0.29) is 11.1 Å². The molecule has 0 aromatic heterocycles. The lowest BCUT2D eigenvalue weighted by molar-refractivity contribution is -0.222. The minimum atomic E-state index is -1.30. The largest absolute Gasteiger partial charge is 0.465 e. The number of benzene rings is 1. The summed E-state index contributed by atoms with van der Waals surface area (Å²) in [7, 11) is 1.27. The maximum Gasteiger partial charge on any atom is 0.350 e. The minimum absolute atomic E-state index is 0.272. The summed E-state index contributed by atoms with van der Waals surface area (Å²) in [5.74, 6) is -3.45. The average molecular weight is 431 g/mol. The van der Waals surface area contributed by atoms with Crippen molar-refractivity contribution in [3.63, 3.8) is 0 Å². The fourth-order valence-electron chi connectivity index (χ4n) is 1.87. The molecule has 0 spiro atoms. The topological polar surface area (TPSA) is 90.9 Å². The molecule has 1 heterocycles. The predicted octanol–water partition coefficient (Wildman–Crippen LogP) is 2.21. The number of esters is 3. The van der Waals surface area contributed by atoms with Crippen LogP contribution in [0.3, 0.4) is 0 Å². The summed E-state index contributed by atoms with van der Waals surface area (Å²) in [6, 6.07) is 5.02. The van der Waals surface area contributed by atoms with Gasteiger partial charge in [-0.05, 0) is 34.7 Å². The van der Waals surface area contributed by atoms with E-state index in [4.69, 9.17) is 14.2 Å². The van der Waals surface area contributed by atoms with E-state index < -0.39 is 23.7 Å². The average Bonchev–Trinajstić information content (AvgIpc) is 2.45. The Balaban J connectivity index is 2.32. The molecule has 1 aromatic carbocycles. The summed E-state index contributed by atoms with van der Waals surface area (Å²) < 4.78 is 15.4. The Kier molecular flexibility index (Phi) is 4.93. The van der Waals surface area contributed by atoms with Gasteiger partial charge in [0.05, 0.1) is 18.4 Å². The Morgan fingerprint density at radius 1 is 1.26 bits per heavy atom. The van der Waals surface area contributed by atoms with Gasteiger partial charge in [0, 0.05) is 23.6 Å². The molecule has 1 aliphatic rings. The molecule has 0 saturated carbocycles. The molecule has 1 N–H and O–H groups in total. The molecule has 2 rings (SSSR count). The van der Waals surface area contributed by atoms with Gasteiger partial charge in [-0.1, -0.05) is 6.07 Å². The molecule has 7 nitrogen and oxygen atoms in total. The van der Waals surface area contributed by atoms with E-state index in [1.807, 2.05) is 22.6 Å². The lowest BCUT2D eigenvalue weighted by Gasteiger charge is -2.29. The minimum Gasteiger partial charge on any atom is -0.465 e. The highest BCUT2D eigenvalue weighted by atomic mass is 127. The van der Waals surface area contributed by atoms with Gasteiger partial charge in [-0.2, -0.15) is 0 Å². The van der Waals surface area contributed by atoms with Crippen LogP contribution < -0.4 is 5.32 Å². The predicted molar refractivity (Wildman–Crippen MR) is 88.5 cm³/mol. The van der Waals surface area contributed by atoms with E-state index >= 15 is 0 Å². The number of carbonyl (C=O) groups excluding carboxylic acids is 3. The second kappa shape index (κ2) is 6.57. The standard InChI is InChI=1S/C15H14INO6/c1-15(2)22-13(19)9(14(20)23-15)7-17-11-8(12(18)21-3)5-4-6-10(11)16/h4-7,17H,1-3H3. The SMILES string of the molecule is COC(=O)c1cccc(I)c1NC=C1C(=O)OC(C)(C)OC1=O. The van der Waals surface area contributed by atoms with E-state index in [1.165, 1.54) is 21.0 Å². The van der Waals surface area contributed by atoms with Crippen LogP contribution in [0.25, 0.3) is 0 Å². The molecule has 0 unspecified atom stereocenters. The number of hydrogen-bond donors (Lipinski definition) is 1. The quantitative estimate of drug-likeness (QED) is 0.340. The molecule has 0 aliphatic carbocycles. The molecule has 0 radical (unpaired) electrons. The fraction of sp³-hybridized carbons (Fsp3) is 0.267. The zero-order valence-corrected chi connectivity index (χ0v) is 14.8. The van der Waals surface area contributed by atoms with E-state index in [9.17, 15) is 14.4 Å². The maximum absolute atomic E-state index is 11.9. The monoisotopic (exact) mass is 431 g/mol. The summed E-state index contributed by atoms with van der Waals surface area (Å²) in [4.78, 5) is 35.5. The first-order valence-corrected chi connectivity index (χ1v) is 7.63. The number of halogens is 1. The van der Waals surface area contributed by atoms with Gasteiger partial charge in [-0.3, -0.25) is 0 Å². The molecular weight excluding hydrogens is 417 g/mol. The molecule has 122 valence electrons. The fourth-order valence-corrected chi connectivity index (χ4v) is 2.53.